The Bertz CT molecular complexity index is 595. The molecule has 4 nitrogen and oxygen atoms in total. The summed E-state index contributed by atoms with van der Waals surface area (Å²) in [6.45, 7) is 6.25. The van der Waals surface area contributed by atoms with E-state index in [9.17, 15) is 4.79 Å². The van der Waals surface area contributed by atoms with Crippen molar-refractivity contribution in [1.29, 1.82) is 0 Å². The lowest BCUT2D eigenvalue weighted by Gasteiger charge is -2.11. The van der Waals surface area contributed by atoms with E-state index in [4.69, 9.17) is 4.74 Å². The fraction of sp³-hybridized carbons (Fsp3) is 0.312. The van der Waals surface area contributed by atoms with Gasteiger partial charge in [0.15, 0.2) is 0 Å². The Morgan fingerprint density at radius 2 is 2.05 bits per heavy atom. The fourth-order valence-corrected chi connectivity index (χ4v) is 1.87. The molecule has 0 aliphatic rings. The third-order valence-electron chi connectivity index (χ3n) is 2.91. The van der Waals surface area contributed by atoms with Crippen LogP contribution in [0.25, 0.3) is 11.4 Å². The van der Waals surface area contributed by atoms with Crippen molar-refractivity contribution < 1.29 is 9.53 Å². The van der Waals surface area contributed by atoms with E-state index in [2.05, 4.69) is 23.8 Å². The van der Waals surface area contributed by atoms with Gasteiger partial charge in [0, 0.05) is 11.9 Å². The first-order chi connectivity index (χ1) is 9.63. The summed E-state index contributed by atoms with van der Waals surface area (Å²) in [6.07, 6.45) is 1.69. The molecule has 2 rings (SSSR count). The number of aromatic nitrogens is 2. The number of ether oxygens (including phenoxy) is 1. The highest BCUT2D eigenvalue weighted by Gasteiger charge is 2.17. The molecule has 0 fully saturated rings. The molecule has 0 aliphatic carbocycles. The molecule has 20 heavy (non-hydrogen) atoms. The summed E-state index contributed by atoms with van der Waals surface area (Å²) in [6, 6.07) is 9.18. The van der Waals surface area contributed by atoms with Crippen LogP contribution < -0.4 is 0 Å². The molecule has 0 bridgehead atoms. The van der Waals surface area contributed by atoms with Crippen molar-refractivity contribution in [3.8, 4) is 11.4 Å². The largest absolute Gasteiger partial charge is 0.462 e. The average Bonchev–Trinajstić information content (AvgIpc) is 2.47. The molecule has 0 saturated carbocycles. The van der Waals surface area contributed by atoms with Gasteiger partial charge < -0.3 is 4.74 Å². The van der Waals surface area contributed by atoms with Gasteiger partial charge in [-0.05, 0) is 37.1 Å². The van der Waals surface area contributed by atoms with Crippen molar-refractivity contribution in [2.75, 3.05) is 6.61 Å². The van der Waals surface area contributed by atoms with Crippen molar-refractivity contribution in [1.82, 2.24) is 9.97 Å². The third kappa shape index (κ3) is 3.02. The Morgan fingerprint density at radius 1 is 1.25 bits per heavy atom. The predicted octanol–water partition coefficient (Wildman–Crippen LogP) is 3.44. The first-order valence-electron chi connectivity index (χ1n) is 6.73. The Balaban J connectivity index is 2.54. The van der Waals surface area contributed by atoms with Crippen molar-refractivity contribution in [3.63, 3.8) is 0 Å². The highest BCUT2D eigenvalue weighted by Crippen LogP contribution is 2.23. The number of carbonyl (C=O) groups excluding carboxylic acids is 1. The number of nitrogens with zero attached hydrogens (tertiary/aromatic N) is 2. The van der Waals surface area contributed by atoms with Gasteiger partial charge in [-0.25, -0.2) is 4.79 Å². The molecule has 0 saturated heterocycles. The van der Waals surface area contributed by atoms with Crippen molar-refractivity contribution in [2.45, 2.75) is 26.7 Å². The van der Waals surface area contributed by atoms with Crippen LogP contribution in [0, 0.1) is 0 Å². The zero-order chi connectivity index (χ0) is 14.5. The zero-order valence-corrected chi connectivity index (χ0v) is 12.0. The molecule has 2 aromatic rings. The summed E-state index contributed by atoms with van der Waals surface area (Å²) in [7, 11) is 0. The molecule has 0 amide bonds. The topological polar surface area (TPSA) is 52.1 Å². The van der Waals surface area contributed by atoms with E-state index in [1.165, 1.54) is 0 Å². The number of rotatable bonds is 4. The highest BCUT2D eigenvalue weighted by molar-refractivity contribution is 5.95. The van der Waals surface area contributed by atoms with Crippen molar-refractivity contribution >= 4 is 5.97 Å². The summed E-state index contributed by atoms with van der Waals surface area (Å²) in [4.78, 5) is 20.9. The minimum atomic E-state index is -0.365. The van der Waals surface area contributed by atoms with Gasteiger partial charge in [0.2, 0.25) is 0 Å². The lowest BCUT2D eigenvalue weighted by Crippen LogP contribution is -2.09. The molecule has 2 aromatic heterocycles. The standard InChI is InChI=1S/C16H18N2O2/c1-4-20-16(19)12-8-9-13(11(2)3)18-15(12)14-7-5-6-10-17-14/h5-11H,4H2,1-3H3. The molecule has 4 heteroatoms. The van der Waals surface area contributed by atoms with E-state index in [1.807, 2.05) is 24.3 Å². The number of carbonyl (C=O) groups is 1. The Labute approximate surface area is 118 Å². The van der Waals surface area contributed by atoms with Gasteiger partial charge in [-0.3, -0.25) is 9.97 Å². The molecule has 0 unspecified atom stereocenters. The fourth-order valence-electron chi connectivity index (χ4n) is 1.87. The van der Waals surface area contributed by atoms with E-state index in [1.54, 1.807) is 19.2 Å². The van der Waals surface area contributed by atoms with Gasteiger partial charge in [-0.2, -0.15) is 0 Å². The van der Waals surface area contributed by atoms with Crippen LogP contribution in [0.15, 0.2) is 36.5 Å². The van der Waals surface area contributed by atoms with Crippen LogP contribution in [0.3, 0.4) is 0 Å². The SMILES string of the molecule is CCOC(=O)c1ccc(C(C)C)nc1-c1ccccn1. The van der Waals surface area contributed by atoms with E-state index in [0.29, 0.717) is 23.6 Å². The average molecular weight is 270 g/mol. The summed E-state index contributed by atoms with van der Waals surface area (Å²) in [5.41, 5.74) is 2.64. The first-order valence-corrected chi connectivity index (χ1v) is 6.73. The van der Waals surface area contributed by atoms with Crippen LogP contribution in [0.5, 0.6) is 0 Å². The summed E-state index contributed by atoms with van der Waals surface area (Å²) >= 11 is 0. The Kier molecular flexibility index (Phi) is 4.45. The molecular formula is C16H18N2O2. The molecule has 0 N–H and O–H groups in total. The van der Waals surface area contributed by atoms with Gasteiger partial charge in [-0.1, -0.05) is 19.9 Å². The van der Waals surface area contributed by atoms with Crippen molar-refractivity contribution in [3.05, 3.63) is 47.8 Å². The summed E-state index contributed by atoms with van der Waals surface area (Å²) < 4.78 is 5.08. The van der Waals surface area contributed by atoms with Crippen LogP contribution in [-0.4, -0.2) is 22.5 Å². The Hall–Kier alpha value is -2.23. The molecular weight excluding hydrogens is 252 g/mol. The number of hydrogen-bond donors (Lipinski definition) is 0. The molecule has 2 heterocycles. The van der Waals surface area contributed by atoms with Crippen LogP contribution in [-0.2, 0) is 4.74 Å². The predicted molar refractivity (Wildman–Crippen MR) is 77.5 cm³/mol. The normalized spacial score (nSPS) is 10.6. The van der Waals surface area contributed by atoms with Gasteiger partial charge in [0.25, 0.3) is 0 Å². The third-order valence-corrected chi connectivity index (χ3v) is 2.91. The number of hydrogen-bond acceptors (Lipinski definition) is 4. The van der Waals surface area contributed by atoms with E-state index < -0.39 is 0 Å². The lowest BCUT2D eigenvalue weighted by atomic mass is 10.1. The molecule has 0 atom stereocenters. The second-order valence-electron chi connectivity index (χ2n) is 4.72. The number of pyridine rings is 2. The maximum Gasteiger partial charge on any atom is 0.340 e. The second-order valence-corrected chi connectivity index (χ2v) is 4.72. The van der Waals surface area contributed by atoms with Gasteiger partial charge in [0.1, 0.15) is 5.69 Å². The van der Waals surface area contributed by atoms with Gasteiger partial charge >= 0.3 is 5.97 Å². The minimum absolute atomic E-state index is 0.286. The quantitative estimate of drug-likeness (QED) is 0.798. The molecule has 0 radical (unpaired) electrons. The van der Waals surface area contributed by atoms with Gasteiger partial charge in [0.05, 0.1) is 17.9 Å². The monoisotopic (exact) mass is 270 g/mol. The van der Waals surface area contributed by atoms with E-state index in [0.717, 1.165) is 5.69 Å². The molecule has 0 aliphatic heterocycles. The lowest BCUT2D eigenvalue weighted by molar-refractivity contribution is 0.0527. The smallest absolute Gasteiger partial charge is 0.340 e. The van der Waals surface area contributed by atoms with Crippen LogP contribution in [0.1, 0.15) is 42.7 Å². The van der Waals surface area contributed by atoms with Crippen LogP contribution in [0.2, 0.25) is 0 Å². The number of esters is 1. The maximum absolute atomic E-state index is 12.0. The Morgan fingerprint density at radius 3 is 2.65 bits per heavy atom. The van der Waals surface area contributed by atoms with Crippen LogP contribution >= 0.6 is 0 Å². The first kappa shape index (κ1) is 14.2. The van der Waals surface area contributed by atoms with E-state index in [-0.39, 0.29) is 11.9 Å². The summed E-state index contributed by atoms with van der Waals surface area (Å²) in [5, 5.41) is 0. The van der Waals surface area contributed by atoms with Crippen molar-refractivity contribution in [2.24, 2.45) is 0 Å². The van der Waals surface area contributed by atoms with Crippen LogP contribution in [0.4, 0.5) is 0 Å². The minimum Gasteiger partial charge on any atom is -0.462 e. The van der Waals surface area contributed by atoms with E-state index >= 15 is 0 Å². The zero-order valence-electron chi connectivity index (χ0n) is 12.0. The maximum atomic E-state index is 12.0. The molecule has 0 aromatic carbocycles. The molecule has 0 spiro atoms. The summed E-state index contributed by atoms with van der Waals surface area (Å²) in [5.74, 6) is -0.0790. The van der Waals surface area contributed by atoms with Gasteiger partial charge in [-0.15, -0.1) is 0 Å². The second kappa shape index (κ2) is 6.28. The highest BCUT2D eigenvalue weighted by atomic mass is 16.5. The molecule has 104 valence electrons.